The normalized spacial score (nSPS) is 10.2. The van der Waals surface area contributed by atoms with E-state index in [-0.39, 0.29) is 5.97 Å². The second-order valence-corrected chi connectivity index (χ2v) is 5.17. The lowest BCUT2D eigenvalue weighted by atomic mass is 10.00. The van der Waals surface area contributed by atoms with Gasteiger partial charge in [0.1, 0.15) is 0 Å². The first-order valence-electron chi connectivity index (χ1n) is 5.57. The lowest BCUT2D eigenvalue weighted by Gasteiger charge is -2.10. The van der Waals surface area contributed by atoms with Crippen molar-refractivity contribution in [3.05, 3.63) is 57.2 Å². The van der Waals surface area contributed by atoms with Crippen molar-refractivity contribution in [1.29, 1.82) is 0 Å². The molecule has 0 radical (unpaired) electrons. The molecule has 92 valence electrons. The molecular weight excluding hydrogens is 339 g/mol. The lowest BCUT2D eigenvalue weighted by molar-refractivity contribution is 0.0600. The van der Waals surface area contributed by atoms with Gasteiger partial charge in [0.15, 0.2) is 0 Å². The SMILES string of the molecule is COC(=O)c1cc(I)c(-c2ccccc2)cc1C. The molecule has 2 aromatic carbocycles. The van der Waals surface area contributed by atoms with E-state index in [2.05, 4.69) is 34.7 Å². The van der Waals surface area contributed by atoms with E-state index < -0.39 is 0 Å². The van der Waals surface area contributed by atoms with Gasteiger partial charge in [0.05, 0.1) is 12.7 Å². The molecule has 0 fully saturated rings. The molecule has 0 N–H and O–H groups in total. The molecular formula is C15H13IO2. The zero-order valence-corrected chi connectivity index (χ0v) is 12.4. The number of methoxy groups -OCH3 is 1. The van der Waals surface area contributed by atoms with Crippen LogP contribution in [0, 0.1) is 10.5 Å². The second kappa shape index (κ2) is 5.52. The minimum absolute atomic E-state index is 0.287. The van der Waals surface area contributed by atoms with E-state index in [4.69, 9.17) is 4.74 Å². The van der Waals surface area contributed by atoms with Gasteiger partial charge in [0.2, 0.25) is 0 Å². The zero-order chi connectivity index (χ0) is 13.1. The Morgan fingerprint density at radius 2 is 1.83 bits per heavy atom. The fraction of sp³-hybridized carbons (Fsp3) is 0.133. The largest absolute Gasteiger partial charge is 0.465 e. The van der Waals surface area contributed by atoms with Crippen LogP contribution in [0.15, 0.2) is 42.5 Å². The summed E-state index contributed by atoms with van der Waals surface area (Å²) in [6.07, 6.45) is 0. The number of ether oxygens (including phenoxy) is 1. The van der Waals surface area contributed by atoms with Crippen LogP contribution < -0.4 is 0 Å². The molecule has 0 aromatic heterocycles. The first kappa shape index (κ1) is 13.1. The van der Waals surface area contributed by atoms with Gasteiger partial charge in [-0.3, -0.25) is 0 Å². The predicted molar refractivity (Wildman–Crippen MR) is 80.7 cm³/mol. The van der Waals surface area contributed by atoms with Gasteiger partial charge in [0.25, 0.3) is 0 Å². The van der Waals surface area contributed by atoms with Crippen LogP contribution in [0.25, 0.3) is 11.1 Å². The summed E-state index contributed by atoms with van der Waals surface area (Å²) in [6.45, 7) is 1.93. The topological polar surface area (TPSA) is 26.3 Å². The number of esters is 1. The summed E-state index contributed by atoms with van der Waals surface area (Å²) >= 11 is 2.25. The molecule has 2 nitrogen and oxygen atoms in total. The summed E-state index contributed by atoms with van der Waals surface area (Å²) in [5, 5.41) is 0. The van der Waals surface area contributed by atoms with Crippen molar-refractivity contribution in [2.45, 2.75) is 6.92 Å². The van der Waals surface area contributed by atoms with Crippen LogP contribution in [0.1, 0.15) is 15.9 Å². The maximum Gasteiger partial charge on any atom is 0.338 e. The maximum atomic E-state index is 11.6. The Labute approximate surface area is 120 Å². The van der Waals surface area contributed by atoms with Crippen molar-refractivity contribution < 1.29 is 9.53 Å². The van der Waals surface area contributed by atoms with Gasteiger partial charge in [-0.05, 0) is 58.3 Å². The molecule has 18 heavy (non-hydrogen) atoms. The van der Waals surface area contributed by atoms with Gasteiger partial charge >= 0.3 is 5.97 Å². The summed E-state index contributed by atoms with van der Waals surface area (Å²) in [5.74, 6) is -0.287. The average Bonchev–Trinajstić information content (AvgIpc) is 2.41. The molecule has 2 aromatic rings. The molecule has 3 heteroatoms. The third-order valence-corrected chi connectivity index (χ3v) is 3.70. The molecule has 0 aliphatic rings. The van der Waals surface area contributed by atoms with Crippen molar-refractivity contribution >= 4 is 28.6 Å². The highest BCUT2D eigenvalue weighted by molar-refractivity contribution is 14.1. The summed E-state index contributed by atoms with van der Waals surface area (Å²) < 4.78 is 5.82. The lowest BCUT2D eigenvalue weighted by Crippen LogP contribution is -2.04. The van der Waals surface area contributed by atoms with E-state index in [0.717, 1.165) is 20.3 Å². The van der Waals surface area contributed by atoms with Crippen molar-refractivity contribution in [2.75, 3.05) is 7.11 Å². The number of hydrogen-bond donors (Lipinski definition) is 0. The van der Waals surface area contributed by atoms with Crippen LogP contribution in [-0.2, 0) is 4.74 Å². The fourth-order valence-corrected chi connectivity index (χ4v) is 2.63. The predicted octanol–water partition coefficient (Wildman–Crippen LogP) is 4.05. The summed E-state index contributed by atoms with van der Waals surface area (Å²) in [5.41, 5.74) is 3.85. The molecule has 0 aliphatic heterocycles. The van der Waals surface area contributed by atoms with Gasteiger partial charge < -0.3 is 4.74 Å². The molecule has 0 bridgehead atoms. The Balaban J connectivity index is 2.53. The number of benzene rings is 2. The number of halogens is 1. The Morgan fingerprint density at radius 1 is 1.17 bits per heavy atom. The number of carbonyl (C=O) groups is 1. The van der Waals surface area contributed by atoms with Crippen LogP contribution in [0.5, 0.6) is 0 Å². The van der Waals surface area contributed by atoms with Crippen LogP contribution in [0.3, 0.4) is 0 Å². The molecule has 0 aliphatic carbocycles. The van der Waals surface area contributed by atoms with Crippen molar-refractivity contribution in [1.82, 2.24) is 0 Å². The van der Waals surface area contributed by atoms with Crippen LogP contribution in [0.2, 0.25) is 0 Å². The molecule has 0 atom stereocenters. The van der Waals surface area contributed by atoms with Crippen molar-refractivity contribution in [3.8, 4) is 11.1 Å². The average molecular weight is 352 g/mol. The van der Waals surface area contributed by atoms with E-state index in [1.54, 1.807) is 0 Å². The number of aryl methyl sites for hydroxylation is 1. The van der Waals surface area contributed by atoms with Gasteiger partial charge in [-0.25, -0.2) is 4.79 Å². The monoisotopic (exact) mass is 352 g/mol. The van der Waals surface area contributed by atoms with Gasteiger partial charge in [-0.15, -0.1) is 0 Å². The first-order chi connectivity index (χ1) is 8.63. The standard InChI is InChI=1S/C15H13IO2/c1-10-8-13(11-6-4-3-5-7-11)14(16)9-12(10)15(17)18-2/h3-9H,1-2H3. The molecule has 0 unspecified atom stereocenters. The van der Waals surface area contributed by atoms with E-state index >= 15 is 0 Å². The minimum Gasteiger partial charge on any atom is -0.465 e. The second-order valence-electron chi connectivity index (χ2n) is 4.00. The summed E-state index contributed by atoms with van der Waals surface area (Å²) in [4.78, 5) is 11.6. The van der Waals surface area contributed by atoms with Gasteiger partial charge in [-0.2, -0.15) is 0 Å². The maximum absolute atomic E-state index is 11.6. The molecule has 0 saturated carbocycles. The Hall–Kier alpha value is -1.36. The molecule has 0 spiro atoms. The highest BCUT2D eigenvalue weighted by atomic mass is 127. The van der Waals surface area contributed by atoms with Crippen LogP contribution in [-0.4, -0.2) is 13.1 Å². The van der Waals surface area contributed by atoms with Crippen molar-refractivity contribution in [2.24, 2.45) is 0 Å². The Kier molecular flexibility index (Phi) is 4.01. The fourth-order valence-electron chi connectivity index (χ4n) is 1.85. The van der Waals surface area contributed by atoms with Gasteiger partial charge in [0, 0.05) is 3.57 Å². The number of hydrogen-bond acceptors (Lipinski definition) is 2. The Bertz CT molecular complexity index is 577. The molecule has 2 rings (SSSR count). The zero-order valence-electron chi connectivity index (χ0n) is 10.2. The van der Waals surface area contributed by atoms with E-state index in [1.807, 2.05) is 37.3 Å². The third kappa shape index (κ3) is 2.56. The van der Waals surface area contributed by atoms with Gasteiger partial charge in [-0.1, -0.05) is 30.3 Å². The van der Waals surface area contributed by atoms with E-state index in [0.29, 0.717) is 5.56 Å². The van der Waals surface area contributed by atoms with E-state index in [1.165, 1.54) is 7.11 Å². The molecule has 0 saturated heterocycles. The quantitative estimate of drug-likeness (QED) is 0.602. The van der Waals surface area contributed by atoms with Crippen molar-refractivity contribution in [3.63, 3.8) is 0 Å². The Morgan fingerprint density at radius 3 is 2.44 bits per heavy atom. The number of rotatable bonds is 2. The molecule has 0 heterocycles. The summed E-state index contributed by atoms with van der Waals surface area (Å²) in [6, 6.07) is 14.0. The highest BCUT2D eigenvalue weighted by Crippen LogP contribution is 2.28. The minimum atomic E-state index is -0.287. The van der Waals surface area contributed by atoms with Crippen LogP contribution in [0.4, 0.5) is 0 Å². The van der Waals surface area contributed by atoms with Crippen LogP contribution >= 0.6 is 22.6 Å². The smallest absolute Gasteiger partial charge is 0.338 e. The van der Waals surface area contributed by atoms with E-state index in [9.17, 15) is 4.79 Å². The molecule has 0 amide bonds. The number of carbonyl (C=O) groups excluding carboxylic acids is 1. The summed E-state index contributed by atoms with van der Waals surface area (Å²) in [7, 11) is 1.40. The third-order valence-electron chi connectivity index (χ3n) is 2.80. The highest BCUT2D eigenvalue weighted by Gasteiger charge is 2.13. The first-order valence-corrected chi connectivity index (χ1v) is 6.65.